The average Bonchev–Trinajstić information content (AvgIpc) is 2.25. The highest BCUT2D eigenvalue weighted by atomic mass is 32.2. The molecule has 17 heavy (non-hydrogen) atoms. The molecule has 4 nitrogen and oxygen atoms in total. The third-order valence-electron chi connectivity index (χ3n) is 2.58. The van der Waals surface area contributed by atoms with E-state index in [9.17, 15) is 8.42 Å². The van der Waals surface area contributed by atoms with Gasteiger partial charge in [-0.1, -0.05) is 0 Å². The zero-order valence-corrected chi connectivity index (χ0v) is 11.2. The zero-order chi connectivity index (χ0) is 13.1. The smallest absolute Gasteiger partial charge is 0.175 e. The first-order chi connectivity index (χ1) is 7.90. The minimum atomic E-state index is -3.25. The summed E-state index contributed by atoms with van der Waals surface area (Å²) >= 11 is 0. The Morgan fingerprint density at radius 1 is 1.35 bits per heavy atom. The standard InChI is InChI=1S/C12H18O4S/c1-9-7-12(17(3,14)15)10(5-4-6-13)8-11(9)16-2/h7-8,13H,4-6H2,1-3H3. The van der Waals surface area contributed by atoms with Gasteiger partial charge in [0.1, 0.15) is 5.75 Å². The number of rotatable bonds is 5. The van der Waals surface area contributed by atoms with Crippen molar-refractivity contribution < 1.29 is 18.3 Å². The fraction of sp³-hybridized carbons (Fsp3) is 0.500. The topological polar surface area (TPSA) is 63.6 Å². The van der Waals surface area contributed by atoms with Crippen LogP contribution in [0.25, 0.3) is 0 Å². The summed E-state index contributed by atoms with van der Waals surface area (Å²) < 4.78 is 28.5. The van der Waals surface area contributed by atoms with Crippen molar-refractivity contribution in [1.82, 2.24) is 0 Å². The van der Waals surface area contributed by atoms with Gasteiger partial charge < -0.3 is 9.84 Å². The monoisotopic (exact) mass is 258 g/mol. The average molecular weight is 258 g/mol. The summed E-state index contributed by atoms with van der Waals surface area (Å²) in [5, 5.41) is 8.82. The number of methoxy groups -OCH3 is 1. The third kappa shape index (κ3) is 3.44. The van der Waals surface area contributed by atoms with Gasteiger partial charge >= 0.3 is 0 Å². The van der Waals surface area contributed by atoms with E-state index in [1.54, 1.807) is 19.2 Å². The largest absolute Gasteiger partial charge is 0.496 e. The number of hydrogen-bond donors (Lipinski definition) is 1. The third-order valence-corrected chi connectivity index (χ3v) is 3.76. The summed E-state index contributed by atoms with van der Waals surface area (Å²) in [5.74, 6) is 0.672. The van der Waals surface area contributed by atoms with Crippen LogP contribution < -0.4 is 4.74 Å². The molecule has 0 heterocycles. The summed E-state index contributed by atoms with van der Waals surface area (Å²) in [6.07, 6.45) is 2.25. The molecule has 0 bridgehead atoms. The maximum atomic E-state index is 11.7. The molecular weight excluding hydrogens is 240 g/mol. The fourth-order valence-electron chi connectivity index (χ4n) is 1.73. The molecule has 5 heteroatoms. The number of aliphatic hydroxyl groups is 1. The summed E-state index contributed by atoms with van der Waals surface area (Å²) in [7, 11) is -1.69. The second kappa shape index (κ2) is 5.51. The van der Waals surface area contributed by atoms with Crippen LogP contribution in [0.15, 0.2) is 17.0 Å². The van der Waals surface area contributed by atoms with E-state index in [4.69, 9.17) is 9.84 Å². The normalized spacial score (nSPS) is 11.5. The van der Waals surface area contributed by atoms with Crippen LogP contribution in [0.3, 0.4) is 0 Å². The lowest BCUT2D eigenvalue weighted by atomic mass is 10.1. The molecule has 0 fully saturated rings. The van der Waals surface area contributed by atoms with Crippen LogP contribution in [0, 0.1) is 6.92 Å². The second-order valence-electron chi connectivity index (χ2n) is 4.03. The predicted octanol–water partition coefficient (Wildman–Crippen LogP) is 1.33. The number of ether oxygens (including phenoxy) is 1. The van der Waals surface area contributed by atoms with Crippen LogP contribution >= 0.6 is 0 Å². The molecule has 96 valence electrons. The van der Waals surface area contributed by atoms with Gasteiger partial charge in [-0.2, -0.15) is 0 Å². The van der Waals surface area contributed by atoms with Crippen molar-refractivity contribution in [3.05, 3.63) is 23.3 Å². The van der Waals surface area contributed by atoms with E-state index in [1.807, 2.05) is 6.92 Å². The highest BCUT2D eigenvalue weighted by molar-refractivity contribution is 7.90. The maximum absolute atomic E-state index is 11.7. The van der Waals surface area contributed by atoms with Gasteiger partial charge in [-0.25, -0.2) is 8.42 Å². The summed E-state index contributed by atoms with van der Waals surface area (Å²) in [6, 6.07) is 3.36. The Hall–Kier alpha value is -1.07. The van der Waals surface area contributed by atoms with Crippen molar-refractivity contribution in [1.29, 1.82) is 0 Å². The van der Waals surface area contributed by atoms with Crippen molar-refractivity contribution in [3.63, 3.8) is 0 Å². The van der Waals surface area contributed by atoms with Crippen LogP contribution in [0.2, 0.25) is 0 Å². The van der Waals surface area contributed by atoms with E-state index in [2.05, 4.69) is 0 Å². The van der Waals surface area contributed by atoms with Crippen LogP contribution in [0.1, 0.15) is 17.5 Å². The maximum Gasteiger partial charge on any atom is 0.175 e. The van der Waals surface area contributed by atoms with Crippen molar-refractivity contribution in [2.24, 2.45) is 0 Å². The minimum Gasteiger partial charge on any atom is -0.496 e. The number of aryl methyl sites for hydroxylation is 2. The van der Waals surface area contributed by atoms with E-state index in [0.29, 0.717) is 29.1 Å². The molecule has 0 saturated heterocycles. The molecule has 0 saturated carbocycles. The van der Waals surface area contributed by atoms with E-state index in [0.717, 1.165) is 5.56 Å². The van der Waals surface area contributed by atoms with Gasteiger partial charge in [-0.15, -0.1) is 0 Å². The highest BCUT2D eigenvalue weighted by Gasteiger charge is 2.15. The van der Waals surface area contributed by atoms with Crippen LogP contribution in [-0.2, 0) is 16.3 Å². The number of benzene rings is 1. The van der Waals surface area contributed by atoms with E-state index < -0.39 is 9.84 Å². The lowest BCUT2D eigenvalue weighted by Crippen LogP contribution is -2.05. The minimum absolute atomic E-state index is 0.0411. The molecule has 0 aromatic heterocycles. The first kappa shape index (κ1) is 14.0. The Bertz CT molecular complexity index is 491. The Morgan fingerprint density at radius 2 is 2.00 bits per heavy atom. The van der Waals surface area contributed by atoms with Crippen LogP contribution in [0.4, 0.5) is 0 Å². The molecule has 0 aliphatic rings. The quantitative estimate of drug-likeness (QED) is 0.865. The lowest BCUT2D eigenvalue weighted by molar-refractivity contribution is 0.288. The van der Waals surface area contributed by atoms with E-state index >= 15 is 0 Å². The molecule has 0 unspecified atom stereocenters. The Morgan fingerprint density at radius 3 is 2.47 bits per heavy atom. The highest BCUT2D eigenvalue weighted by Crippen LogP contribution is 2.27. The molecule has 1 rings (SSSR count). The van der Waals surface area contributed by atoms with Gasteiger partial charge in [0.2, 0.25) is 0 Å². The van der Waals surface area contributed by atoms with Crippen molar-refractivity contribution in [2.75, 3.05) is 20.0 Å². The lowest BCUT2D eigenvalue weighted by Gasteiger charge is -2.12. The predicted molar refractivity (Wildman–Crippen MR) is 66.2 cm³/mol. The molecule has 1 aromatic rings. The van der Waals surface area contributed by atoms with E-state index in [-0.39, 0.29) is 6.61 Å². The molecule has 1 N–H and O–H groups in total. The molecular formula is C12H18O4S. The van der Waals surface area contributed by atoms with Gasteiger partial charge in [-0.3, -0.25) is 0 Å². The van der Waals surface area contributed by atoms with E-state index in [1.165, 1.54) is 6.26 Å². The SMILES string of the molecule is COc1cc(CCCO)c(S(C)(=O)=O)cc1C. The summed E-state index contributed by atoms with van der Waals surface area (Å²) in [4.78, 5) is 0.323. The van der Waals surface area contributed by atoms with Crippen molar-refractivity contribution in [2.45, 2.75) is 24.7 Å². The molecule has 0 radical (unpaired) electrons. The number of hydrogen-bond acceptors (Lipinski definition) is 4. The molecule has 0 aliphatic carbocycles. The molecule has 0 atom stereocenters. The number of aliphatic hydroxyl groups excluding tert-OH is 1. The Labute approximate surface area is 102 Å². The van der Waals surface area contributed by atoms with Crippen molar-refractivity contribution in [3.8, 4) is 5.75 Å². The van der Waals surface area contributed by atoms with Gasteiger partial charge in [0.15, 0.2) is 9.84 Å². The molecule has 0 spiro atoms. The number of sulfone groups is 1. The summed E-state index contributed by atoms with van der Waals surface area (Å²) in [5.41, 5.74) is 1.49. The molecule has 0 aliphatic heterocycles. The van der Waals surface area contributed by atoms with Crippen LogP contribution in [-0.4, -0.2) is 33.5 Å². The second-order valence-corrected chi connectivity index (χ2v) is 6.01. The van der Waals surface area contributed by atoms with Crippen molar-refractivity contribution >= 4 is 9.84 Å². The molecule has 0 amide bonds. The Balaban J connectivity index is 3.31. The molecule has 1 aromatic carbocycles. The van der Waals surface area contributed by atoms with Crippen LogP contribution in [0.5, 0.6) is 5.75 Å². The Kier molecular flexibility index (Phi) is 4.54. The summed E-state index contributed by atoms with van der Waals surface area (Å²) in [6.45, 7) is 1.85. The van der Waals surface area contributed by atoms with Gasteiger partial charge in [0.05, 0.1) is 12.0 Å². The first-order valence-electron chi connectivity index (χ1n) is 5.38. The van der Waals surface area contributed by atoms with Gasteiger partial charge in [-0.05, 0) is 43.0 Å². The fourth-order valence-corrected chi connectivity index (χ4v) is 2.76. The van der Waals surface area contributed by atoms with Gasteiger partial charge in [0, 0.05) is 12.9 Å². The first-order valence-corrected chi connectivity index (χ1v) is 7.27. The van der Waals surface area contributed by atoms with Gasteiger partial charge in [0.25, 0.3) is 0 Å². The zero-order valence-electron chi connectivity index (χ0n) is 10.4.